The summed E-state index contributed by atoms with van der Waals surface area (Å²) in [7, 11) is 1.65. The number of methoxy groups -OCH3 is 1. The first-order chi connectivity index (χ1) is 10.1. The molecule has 4 nitrogen and oxygen atoms in total. The molecular formula is C16H17NO3S. The van der Waals surface area contributed by atoms with Gasteiger partial charge in [-0.2, -0.15) is 0 Å². The SMILES string of the molecule is COc1ccc(-c2nc3c(s2)CCCC3C(=O)O)cc1C. The van der Waals surface area contributed by atoms with Crippen LogP contribution in [0.5, 0.6) is 5.75 Å². The van der Waals surface area contributed by atoms with Gasteiger partial charge in [0.05, 0.1) is 18.7 Å². The Kier molecular flexibility index (Phi) is 3.68. The first-order valence-corrected chi connectivity index (χ1v) is 7.79. The summed E-state index contributed by atoms with van der Waals surface area (Å²) < 4.78 is 5.27. The molecule has 1 aromatic heterocycles. The number of fused-ring (bicyclic) bond motifs is 1. The number of hydrogen-bond acceptors (Lipinski definition) is 4. The third-order valence-electron chi connectivity index (χ3n) is 3.89. The number of carboxylic acid groups (broad SMARTS) is 1. The fraction of sp³-hybridized carbons (Fsp3) is 0.375. The lowest BCUT2D eigenvalue weighted by atomic mass is 9.91. The smallest absolute Gasteiger partial charge is 0.312 e. The van der Waals surface area contributed by atoms with Gasteiger partial charge in [0.15, 0.2) is 0 Å². The van der Waals surface area contributed by atoms with E-state index in [1.807, 2.05) is 25.1 Å². The molecule has 1 heterocycles. The average Bonchev–Trinajstić information content (AvgIpc) is 2.90. The van der Waals surface area contributed by atoms with Crippen LogP contribution in [0.2, 0.25) is 0 Å². The lowest BCUT2D eigenvalue weighted by Crippen LogP contribution is -2.17. The molecule has 1 aliphatic rings. The molecule has 0 saturated heterocycles. The van der Waals surface area contributed by atoms with Crippen molar-refractivity contribution in [2.45, 2.75) is 32.1 Å². The zero-order valence-corrected chi connectivity index (χ0v) is 12.9. The van der Waals surface area contributed by atoms with Crippen LogP contribution in [-0.4, -0.2) is 23.2 Å². The number of carbonyl (C=O) groups is 1. The maximum absolute atomic E-state index is 11.3. The van der Waals surface area contributed by atoms with Crippen LogP contribution >= 0.6 is 11.3 Å². The Morgan fingerprint density at radius 3 is 2.95 bits per heavy atom. The summed E-state index contributed by atoms with van der Waals surface area (Å²) in [5.74, 6) is -0.361. The van der Waals surface area contributed by atoms with E-state index in [1.165, 1.54) is 0 Å². The van der Waals surface area contributed by atoms with Crippen LogP contribution in [0.15, 0.2) is 18.2 Å². The molecule has 1 aliphatic carbocycles. The predicted molar refractivity (Wildman–Crippen MR) is 82.2 cm³/mol. The molecule has 1 aromatic carbocycles. The maximum atomic E-state index is 11.3. The van der Waals surface area contributed by atoms with E-state index in [0.717, 1.165) is 45.3 Å². The van der Waals surface area contributed by atoms with Gasteiger partial charge in [-0.15, -0.1) is 11.3 Å². The third-order valence-corrected chi connectivity index (χ3v) is 5.07. The van der Waals surface area contributed by atoms with E-state index in [-0.39, 0.29) is 0 Å². The zero-order valence-electron chi connectivity index (χ0n) is 12.0. The topological polar surface area (TPSA) is 59.4 Å². The van der Waals surface area contributed by atoms with Crippen LogP contribution in [0.3, 0.4) is 0 Å². The van der Waals surface area contributed by atoms with Gasteiger partial charge in [0.2, 0.25) is 0 Å². The molecular weight excluding hydrogens is 286 g/mol. The molecule has 1 N–H and O–H groups in total. The third kappa shape index (κ3) is 2.53. The summed E-state index contributed by atoms with van der Waals surface area (Å²) >= 11 is 1.62. The second-order valence-corrected chi connectivity index (χ2v) is 6.38. The van der Waals surface area contributed by atoms with Gasteiger partial charge >= 0.3 is 5.97 Å². The van der Waals surface area contributed by atoms with E-state index < -0.39 is 11.9 Å². The summed E-state index contributed by atoms with van der Waals surface area (Å²) in [5, 5.41) is 10.2. The Morgan fingerprint density at radius 2 is 2.29 bits per heavy atom. The monoisotopic (exact) mass is 303 g/mol. The average molecular weight is 303 g/mol. The summed E-state index contributed by atoms with van der Waals surface area (Å²) in [6.45, 7) is 2.00. The van der Waals surface area contributed by atoms with E-state index in [1.54, 1.807) is 18.4 Å². The maximum Gasteiger partial charge on any atom is 0.312 e. The normalized spacial score (nSPS) is 17.3. The summed E-state index contributed by atoms with van der Waals surface area (Å²) in [6.07, 6.45) is 2.55. The molecule has 110 valence electrons. The van der Waals surface area contributed by atoms with E-state index in [2.05, 4.69) is 4.98 Å². The number of hydrogen-bond donors (Lipinski definition) is 1. The number of rotatable bonds is 3. The van der Waals surface area contributed by atoms with Crippen LogP contribution in [0.4, 0.5) is 0 Å². The minimum absolute atomic E-state index is 0.446. The first kappa shape index (κ1) is 14.1. The van der Waals surface area contributed by atoms with E-state index in [9.17, 15) is 9.90 Å². The van der Waals surface area contributed by atoms with Crippen molar-refractivity contribution in [2.24, 2.45) is 0 Å². The van der Waals surface area contributed by atoms with Gasteiger partial charge in [-0.25, -0.2) is 4.98 Å². The lowest BCUT2D eigenvalue weighted by molar-refractivity contribution is -0.139. The van der Waals surface area contributed by atoms with Crippen LogP contribution in [0, 0.1) is 6.92 Å². The minimum atomic E-state index is -0.765. The van der Waals surface area contributed by atoms with Crippen molar-refractivity contribution in [2.75, 3.05) is 7.11 Å². The Labute approximate surface area is 127 Å². The number of aromatic nitrogens is 1. The quantitative estimate of drug-likeness (QED) is 0.940. The molecule has 1 unspecified atom stereocenters. The second-order valence-electron chi connectivity index (χ2n) is 5.29. The highest BCUT2D eigenvalue weighted by Gasteiger charge is 2.30. The number of aliphatic carboxylic acids is 1. The predicted octanol–water partition coefficient (Wildman–Crippen LogP) is 3.63. The molecule has 0 spiro atoms. The molecule has 1 atom stereocenters. The first-order valence-electron chi connectivity index (χ1n) is 6.97. The molecule has 0 radical (unpaired) electrons. The van der Waals surface area contributed by atoms with E-state index in [0.29, 0.717) is 6.42 Å². The number of benzene rings is 1. The molecule has 0 aliphatic heterocycles. The Bertz CT molecular complexity index is 693. The number of carboxylic acids is 1. The van der Waals surface area contributed by atoms with Crippen molar-refractivity contribution < 1.29 is 14.6 Å². The van der Waals surface area contributed by atoms with Crippen molar-refractivity contribution in [1.29, 1.82) is 0 Å². The van der Waals surface area contributed by atoms with Crippen molar-refractivity contribution >= 4 is 17.3 Å². The molecule has 5 heteroatoms. The highest BCUT2D eigenvalue weighted by atomic mass is 32.1. The van der Waals surface area contributed by atoms with Crippen molar-refractivity contribution in [3.63, 3.8) is 0 Å². The Morgan fingerprint density at radius 1 is 1.48 bits per heavy atom. The van der Waals surface area contributed by atoms with Gasteiger partial charge in [-0.05, 0) is 49.9 Å². The van der Waals surface area contributed by atoms with Crippen LogP contribution in [-0.2, 0) is 11.2 Å². The number of nitrogens with zero attached hydrogens (tertiary/aromatic N) is 1. The van der Waals surface area contributed by atoms with Crippen LogP contribution in [0.25, 0.3) is 10.6 Å². The summed E-state index contributed by atoms with van der Waals surface area (Å²) in [5.41, 5.74) is 2.84. The fourth-order valence-electron chi connectivity index (χ4n) is 2.79. The van der Waals surface area contributed by atoms with Gasteiger partial charge in [-0.1, -0.05) is 0 Å². The molecule has 21 heavy (non-hydrogen) atoms. The lowest BCUT2D eigenvalue weighted by Gasteiger charge is -2.16. The fourth-order valence-corrected chi connectivity index (χ4v) is 3.95. The largest absolute Gasteiger partial charge is 0.496 e. The van der Waals surface area contributed by atoms with Gasteiger partial charge in [0.25, 0.3) is 0 Å². The standard InChI is InChI=1S/C16H17NO3S/c1-9-8-10(6-7-12(9)20-2)15-17-14-11(16(18)19)4-3-5-13(14)21-15/h6-8,11H,3-5H2,1-2H3,(H,18,19). The van der Waals surface area contributed by atoms with Crippen molar-refractivity contribution in [3.05, 3.63) is 34.3 Å². The minimum Gasteiger partial charge on any atom is -0.496 e. The highest BCUT2D eigenvalue weighted by molar-refractivity contribution is 7.15. The van der Waals surface area contributed by atoms with E-state index in [4.69, 9.17) is 4.74 Å². The zero-order chi connectivity index (χ0) is 15.0. The number of aryl methyl sites for hydroxylation is 2. The van der Waals surface area contributed by atoms with Gasteiger partial charge in [-0.3, -0.25) is 4.79 Å². The van der Waals surface area contributed by atoms with Gasteiger partial charge in [0.1, 0.15) is 10.8 Å². The highest BCUT2D eigenvalue weighted by Crippen LogP contribution is 2.39. The second kappa shape index (κ2) is 5.48. The molecule has 0 saturated carbocycles. The number of thiazole rings is 1. The number of ether oxygens (including phenoxy) is 1. The van der Waals surface area contributed by atoms with Crippen LogP contribution < -0.4 is 4.74 Å². The van der Waals surface area contributed by atoms with Gasteiger partial charge < -0.3 is 9.84 Å². The molecule has 2 aromatic rings. The van der Waals surface area contributed by atoms with Gasteiger partial charge in [0, 0.05) is 10.4 Å². The molecule has 3 rings (SSSR count). The molecule has 0 fully saturated rings. The van der Waals surface area contributed by atoms with Crippen molar-refractivity contribution in [1.82, 2.24) is 4.98 Å². The van der Waals surface area contributed by atoms with Crippen LogP contribution in [0.1, 0.15) is 34.9 Å². The summed E-state index contributed by atoms with van der Waals surface area (Å²) in [4.78, 5) is 17.1. The Balaban J connectivity index is 2.01. The molecule has 0 amide bonds. The summed E-state index contributed by atoms with van der Waals surface area (Å²) in [6, 6.07) is 5.95. The van der Waals surface area contributed by atoms with Crippen molar-refractivity contribution in [3.8, 4) is 16.3 Å². The molecule has 0 bridgehead atoms. The van der Waals surface area contributed by atoms with E-state index >= 15 is 0 Å². The Hall–Kier alpha value is -1.88.